The van der Waals surface area contributed by atoms with Crippen LogP contribution in [0.2, 0.25) is 0 Å². The van der Waals surface area contributed by atoms with E-state index in [1.54, 1.807) is 4.68 Å². The van der Waals surface area contributed by atoms with E-state index in [2.05, 4.69) is 31.5 Å². The molecule has 0 aliphatic heterocycles. The standard InChI is InChI=1S/C9H10BrN5/c1-2-15-9(12-13-14-15)6-3-7(10)5-8(11)4-6/h3-5H,2,11H2,1H3. The van der Waals surface area contributed by atoms with Crippen molar-refractivity contribution in [1.29, 1.82) is 0 Å². The van der Waals surface area contributed by atoms with Crippen molar-refractivity contribution >= 4 is 21.6 Å². The zero-order valence-electron chi connectivity index (χ0n) is 8.18. The highest BCUT2D eigenvalue weighted by atomic mass is 79.9. The van der Waals surface area contributed by atoms with Crippen molar-refractivity contribution in [1.82, 2.24) is 20.2 Å². The first-order valence-corrected chi connectivity index (χ1v) is 5.32. The molecule has 5 nitrogen and oxygen atoms in total. The van der Waals surface area contributed by atoms with Gasteiger partial charge in [-0.25, -0.2) is 4.68 Å². The maximum absolute atomic E-state index is 5.75. The van der Waals surface area contributed by atoms with Gasteiger partial charge < -0.3 is 5.73 Å². The number of hydrogen-bond donors (Lipinski definition) is 1. The van der Waals surface area contributed by atoms with Crippen LogP contribution in [0.15, 0.2) is 22.7 Å². The van der Waals surface area contributed by atoms with E-state index in [1.165, 1.54) is 0 Å². The maximum atomic E-state index is 5.75. The molecule has 1 aromatic carbocycles. The van der Waals surface area contributed by atoms with Crippen LogP contribution in [0.1, 0.15) is 6.92 Å². The highest BCUT2D eigenvalue weighted by Gasteiger charge is 2.08. The SMILES string of the molecule is CCn1nnnc1-c1cc(N)cc(Br)c1. The van der Waals surface area contributed by atoms with Crippen LogP contribution < -0.4 is 5.73 Å². The molecule has 0 fully saturated rings. The molecule has 2 N–H and O–H groups in total. The van der Waals surface area contributed by atoms with Gasteiger partial charge in [0.25, 0.3) is 0 Å². The molecule has 0 aliphatic carbocycles. The van der Waals surface area contributed by atoms with Crippen molar-refractivity contribution in [3.05, 3.63) is 22.7 Å². The molecule has 0 atom stereocenters. The fraction of sp³-hybridized carbons (Fsp3) is 0.222. The Balaban J connectivity index is 2.53. The smallest absolute Gasteiger partial charge is 0.182 e. The zero-order valence-corrected chi connectivity index (χ0v) is 9.77. The summed E-state index contributed by atoms with van der Waals surface area (Å²) in [4.78, 5) is 0. The molecule has 0 saturated carbocycles. The lowest BCUT2D eigenvalue weighted by atomic mass is 10.2. The summed E-state index contributed by atoms with van der Waals surface area (Å²) in [7, 11) is 0. The summed E-state index contributed by atoms with van der Waals surface area (Å²) in [5.74, 6) is 0.727. The normalized spacial score (nSPS) is 10.5. The lowest BCUT2D eigenvalue weighted by Crippen LogP contribution is -2.00. The molecule has 0 aliphatic rings. The van der Waals surface area contributed by atoms with E-state index < -0.39 is 0 Å². The summed E-state index contributed by atoms with van der Waals surface area (Å²) >= 11 is 3.39. The van der Waals surface area contributed by atoms with E-state index in [1.807, 2.05) is 25.1 Å². The Hall–Kier alpha value is -1.43. The summed E-state index contributed by atoms with van der Waals surface area (Å²) in [6.45, 7) is 2.72. The summed E-state index contributed by atoms with van der Waals surface area (Å²) in [6.07, 6.45) is 0. The number of aromatic nitrogens is 4. The quantitative estimate of drug-likeness (QED) is 0.842. The van der Waals surface area contributed by atoms with Crippen LogP contribution in [0.3, 0.4) is 0 Å². The molecule has 0 spiro atoms. The van der Waals surface area contributed by atoms with Gasteiger partial charge in [-0.1, -0.05) is 15.9 Å². The molecule has 0 unspecified atom stereocenters. The predicted molar refractivity (Wildman–Crippen MR) is 61.0 cm³/mol. The zero-order chi connectivity index (χ0) is 10.8. The van der Waals surface area contributed by atoms with E-state index in [4.69, 9.17) is 5.73 Å². The molecule has 0 saturated heterocycles. The van der Waals surface area contributed by atoms with Crippen molar-refractivity contribution in [2.75, 3.05) is 5.73 Å². The number of hydrogen-bond acceptors (Lipinski definition) is 4. The molecule has 78 valence electrons. The van der Waals surface area contributed by atoms with Crippen LogP contribution in [0.4, 0.5) is 5.69 Å². The number of nitrogens with two attached hydrogens (primary N) is 1. The Morgan fingerprint density at radius 2 is 2.20 bits per heavy atom. The number of nitrogens with zero attached hydrogens (tertiary/aromatic N) is 4. The fourth-order valence-corrected chi connectivity index (χ4v) is 1.88. The summed E-state index contributed by atoms with van der Waals surface area (Å²) in [6, 6.07) is 5.63. The van der Waals surface area contributed by atoms with Gasteiger partial charge in [-0.15, -0.1) is 5.10 Å². The number of anilines is 1. The number of rotatable bonds is 2. The third kappa shape index (κ3) is 1.99. The van der Waals surface area contributed by atoms with Gasteiger partial charge in [0.2, 0.25) is 0 Å². The Labute approximate surface area is 95.4 Å². The van der Waals surface area contributed by atoms with Gasteiger partial charge in [-0.3, -0.25) is 0 Å². The first kappa shape index (κ1) is 10.1. The van der Waals surface area contributed by atoms with Gasteiger partial charge in [0.15, 0.2) is 5.82 Å². The van der Waals surface area contributed by atoms with Crippen molar-refractivity contribution < 1.29 is 0 Å². The summed E-state index contributed by atoms with van der Waals surface area (Å²) in [5.41, 5.74) is 7.35. The maximum Gasteiger partial charge on any atom is 0.182 e. The lowest BCUT2D eigenvalue weighted by Gasteiger charge is -2.03. The van der Waals surface area contributed by atoms with Crippen LogP contribution in [-0.4, -0.2) is 20.2 Å². The number of aryl methyl sites for hydroxylation is 1. The first-order valence-electron chi connectivity index (χ1n) is 4.53. The third-order valence-corrected chi connectivity index (χ3v) is 2.47. The predicted octanol–water partition coefficient (Wildman–Crippen LogP) is 1.70. The van der Waals surface area contributed by atoms with Gasteiger partial charge in [-0.05, 0) is 35.5 Å². The van der Waals surface area contributed by atoms with E-state index in [0.29, 0.717) is 5.69 Å². The molecule has 1 aromatic heterocycles. The van der Waals surface area contributed by atoms with Crippen molar-refractivity contribution in [2.24, 2.45) is 0 Å². The Morgan fingerprint density at radius 3 is 2.87 bits per heavy atom. The molecule has 0 radical (unpaired) electrons. The van der Waals surface area contributed by atoms with Crippen LogP contribution >= 0.6 is 15.9 Å². The molecule has 6 heteroatoms. The van der Waals surface area contributed by atoms with Crippen LogP contribution in [0.25, 0.3) is 11.4 Å². The summed E-state index contributed by atoms with van der Waals surface area (Å²) in [5, 5.41) is 11.5. The van der Waals surface area contributed by atoms with Crippen molar-refractivity contribution in [3.8, 4) is 11.4 Å². The molecule has 0 amide bonds. The molecular weight excluding hydrogens is 258 g/mol. The van der Waals surface area contributed by atoms with Crippen molar-refractivity contribution in [3.63, 3.8) is 0 Å². The van der Waals surface area contributed by atoms with Gasteiger partial charge in [0.1, 0.15) is 0 Å². The minimum atomic E-state index is 0.685. The highest BCUT2D eigenvalue weighted by molar-refractivity contribution is 9.10. The number of tetrazole rings is 1. The number of nitrogen functional groups attached to an aromatic ring is 1. The van der Waals surface area contributed by atoms with Gasteiger partial charge in [-0.2, -0.15) is 0 Å². The molecule has 2 rings (SSSR count). The molecule has 1 heterocycles. The fourth-order valence-electron chi connectivity index (χ4n) is 1.37. The van der Waals surface area contributed by atoms with Gasteiger partial charge in [0.05, 0.1) is 0 Å². The van der Waals surface area contributed by atoms with E-state index >= 15 is 0 Å². The molecule has 0 bridgehead atoms. The lowest BCUT2D eigenvalue weighted by molar-refractivity contribution is 0.631. The van der Waals surface area contributed by atoms with Gasteiger partial charge >= 0.3 is 0 Å². The van der Waals surface area contributed by atoms with Crippen LogP contribution in [-0.2, 0) is 6.54 Å². The third-order valence-electron chi connectivity index (χ3n) is 2.01. The second kappa shape index (κ2) is 3.98. The molecule has 15 heavy (non-hydrogen) atoms. The largest absolute Gasteiger partial charge is 0.399 e. The highest BCUT2D eigenvalue weighted by Crippen LogP contribution is 2.24. The molecular formula is C9H10BrN5. The second-order valence-corrected chi connectivity index (χ2v) is 4.01. The minimum absolute atomic E-state index is 0.685. The second-order valence-electron chi connectivity index (χ2n) is 3.09. The average molecular weight is 268 g/mol. The Kier molecular flexibility index (Phi) is 2.68. The Bertz CT molecular complexity index is 459. The van der Waals surface area contributed by atoms with E-state index in [9.17, 15) is 0 Å². The monoisotopic (exact) mass is 267 g/mol. The molecule has 2 aromatic rings. The topological polar surface area (TPSA) is 69.6 Å². The van der Waals surface area contributed by atoms with E-state index in [-0.39, 0.29) is 0 Å². The van der Waals surface area contributed by atoms with Crippen molar-refractivity contribution in [2.45, 2.75) is 13.5 Å². The summed E-state index contributed by atoms with van der Waals surface area (Å²) < 4.78 is 2.64. The van der Waals surface area contributed by atoms with Crippen LogP contribution in [0, 0.1) is 0 Å². The first-order chi connectivity index (χ1) is 7.20. The number of halogens is 1. The average Bonchev–Trinajstić information content (AvgIpc) is 2.63. The minimum Gasteiger partial charge on any atom is -0.399 e. The Morgan fingerprint density at radius 1 is 1.40 bits per heavy atom. The van der Waals surface area contributed by atoms with E-state index in [0.717, 1.165) is 22.4 Å². The van der Waals surface area contributed by atoms with Crippen LogP contribution in [0.5, 0.6) is 0 Å². The number of benzene rings is 1. The van der Waals surface area contributed by atoms with Gasteiger partial charge in [0, 0.05) is 22.3 Å².